The first-order valence-corrected chi connectivity index (χ1v) is 12.3. The lowest BCUT2D eigenvalue weighted by Gasteiger charge is -2.42. The summed E-state index contributed by atoms with van der Waals surface area (Å²) in [5, 5.41) is 1.93. The molecule has 144 valence electrons. The van der Waals surface area contributed by atoms with E-state index in [2.05, 4.69) is 14.8 Å². The van der Waals surface area contributed by atoms with Gasteiger partial charge in [0.05, 0.1) is 0 Å². The molecule has 1 unspecified atom stereocenters. The first kappa shape index (κ1) is 18.8. The van der Waals surface area contributed by atoms with Gasteiger partial charge in [0.25, 0.3) is 5.91 Å². The van der Waals surface area contributed by atoms with Crippen LogP contribution < -0.4 is 0 Å². The number of hydrogen-bond donors (Lipinski definition) is 0. The van der Waals surface area contributed by atoms with Crippen LogP contribution in [0.5, 0.6) is 0 Å². The second-order valence-corrected chi connectivity index (χ2v) is 10.4. The van der Waals surface area contributed by atoms with Crippen LogP contribution >= 0.6 is 23.1 Å². The molecule has 26 heavy (non-hydrogen) atoms. The summed E-state index contributed by atoms with van der Waals surface area (Å²) in [4.78, 5) is 22.1. The van der Waals surface area contributed by atoms with Crippen LogP contribution in [0.1, 0.15) is 61.9 Å². The van der Waals surface area contributed by atoms with Crippen LogP contribution in [0, 0.1) is 11.3 Å². The van der Waals surface area contributed by atoms with E-state index in [0.717, 1.165) is 23.3 Å². The van der Waals surface area contributed by atoms with Crippen LogP contribution in [0.2, 0.25) is 0 Å². The fraction of sp³-hybridized carbons (Fsp3) is 0.800. The predicted molar refractivity (Wildman–Crippen MR) is 109 cm³/mol. The molecule has 4 nitrogen and oxygen atoms in total. The molecule has 1 aromatic rings. The topological polar surface area (TPSA) is 36.4 Å². The highest BCUT2D eigenvalue weighted by Gasteiger charge is 2.43. The van der Waals surface area contributed by atoms with E-state index in [1.54, 1.807) is 23.1 Å². The Morgan fingerprint density at radius 2 is 2.08 bits per heavy atom. The molecule has 0 radical (unpaired) electrons. The molecule has 1 atom stereocenters. The van der Waals surface area contributed by atoms with Crippen LogP contribution in [-0.4, -0.2) is 59.7 Å². The molecular formula is C20H31N3OS2. The molecule has 3 aliphatic rings. The van der Waals surface area contributed by atoms with Crippen molar-refractivity contribution < 1.29 is 4.79 Å². The number of thioether (sulfide) groups is 1. The maximum absolute atomic E-state index is 12.8. The first-order valence-electron chi connectivity index (χ1n) is 10.2. The molecule has 1 amide bonds. The fourth-order valence-corrected chi connectivity index (χ4v) is 6.49. The minimum absolute atomic E-state index is 0.142. The van der Waals surface area contributed by atoms with E-state index in [1.807, 2.05) is 11.6 Å². The summed E-state index contributed by atoms with van der Waals surface area (Å²) < 4.78 is 0.985. The zero-order valence-electron chi connectivity index (χ0n) is 15.9. The highest BCUT2D eigenvalue weighted by atomic mass is 32.2. The highest BCUT2D eigenvalue weighted by molar-refractivity contribution is 8.00. The number of hydrogen-bond acceptors (Lipinski definition) is 5. The van der Waals surface area contributed by atoms with Gasteiger partial charge >= 0.3 is 0 Å². The second-order valence-electron chi connectivity index (χ2n) is 8.52. The largest absolute Gasteiger partial charge is 0.337 e. The number of piperidine rings is 1. The molecule has 0 aromatic carbocycles. The van der Waals surface area contributed by atoms with Gasteiger partial charge < -0.3 is 9.80 Å². The Balaban J connectivity index is 1.35. The van der Waals surface area contributed by atoms with E-state index < -0.39 is 0 Å². The number of aromatic nitrogens is 1. The summed E-state index contributed by atoms with van der Waals surface area (Å²) in [5.41, 5.74) is 0.979. The average molecular weight is 394 g/mol. The van der Waals surface area contributed by atoms with Crippen LogP contribution in [-0.2, 0) is 0 Å². The minimum Gasteiger partial charge on any atom is -0.337 e. The Hall–Kier alpha value is -0.590. The number of rotatable bonds is 4. The number of amides is 1. The smallest absolute Gasteiger partial charge is 0.273 e. The quantitative estimate of drug-likeness (QED) is 0.712. The molecule has 0 bridgehead atoms. The zero-order valence-corrected chi connectivity index (χ0v) is 17.5. The normalized spacial score (nSPS) is 28.1. The maximum Gasteiger partial charge on any atom is 0.273 e. The van der Waals surface area contributed by atoms with Crippen molar-refractivity contribution in [2.75, 3.05) is 39.0 Å². The van der Waals surface area contributed by atoms with Crippen molar-refractivity contribution in [3.8, 4) is 0 Å². The molecule has 1 spiro atoms. The molecule has 1 saturated carbocycles. The number of likely N-dealkylation sites (tertiary alicyclic amines) is 2. The number of thiazole rings is 1. The molecule has 4 rings (SSSR count). The molecular weight excluding hydrogens is 362 g/mol. The van der Waals surface area contributed by atoms with Gasteiger partial charge in [-0.2, -0.15) is 0 Å². The lowest BCUT2D eigenvalue weighted by molar-refractivity contribution is 0.0627. The fourth-order valence-electron chi connectivity index (χ4n) is 5.25. The van der Waals surface area contributed by atoms with Crippen molar-refractivity contribution in [2.45, 2.75) is 55.7 Å². The van der Waals surface area contributed by atoms with Gasteiger partial charge in [-0.05, 0) is 50.8 Å². The van der Waals surface area contributed by atoms with E-state index in [-0.39, 0.29) is 5.91 Å². The van der Waals surface area contributed by atoms with Crippen molar-refractivity contribution in [1.82, 2.24) is 14.8 Å². The number of nitrogens with zero attached hydrogens (tertiary/aromatic N) is 3. The lowest BCUT2D eigenvalue weighted by Crippen LogP contribution is -2.47. The summed E-state index contributed by atoms with van der Waals surface area (Å²) in [7, 11) is 0. The zero-order chi connectivity index (χ0) is 18.0. The summed E-state index contributed by atoms with van der Waals surface area (Å²) in [6.07, 6.45) is 12.9. The Morgan fingerprint density at radius 3 is 2.85 bits per heavy atom. The van der Waals surface area contributed by atoms with Gasteiger partial charge in [0.1, 0.15) is 10.0 Å². The Kier molecular flexibility index (Phi) is 5.91. The predicted octanol–water partition coefficient (Wildman–Crippen LogP) is 4.37. The van der Waals surface area contributed by atoms with Gasteiger partial charge in [-0.25, -0.2) is 4.98 Å². The average Bonchev–Trinajstić information content (AvgIpc) is 3.30. The molecule has 1 aromatic heterocycles. The summed E-state index contributed by atoms with van der Waals surface area (Å²) in [6.45, 7) is 5.58. The van der Waals surface area contributed by atoms with Gasteiger partial charge in [0, 0.05) is 37.0 Å². The van der Waals surface area contributed by atoms with E-state index >= 15 is 0 Å². The van der Waals surface area contributed by atoms with Crippen LogP contribution in [0.4, 0.5) is 0 Å². The summed E-state index contributed by atoms with van der Waals surface area (Å²) >= 11 is 3.20. The maximum atomic E-state index is 12.8. The van der Waals surface area contributed by atoms with Crippen molar-refractivity contribution in [2.24, 2.45) is 11.3 Å². The standard InChI is InChI=1S/C20H31N3OS2/c1-25-19-21-17(13-26-19)18(24)23-11-9-20(15-23)8-5-10-22(14-20)12-16-6-3-2-4-7-16/h13,16H,2-12,14-15H2,1H3. The van der Waals surface area contributed by atoms with Crippen LogP contribution in [0.3, 0.4) is 0 Å². The van der Waals surface area contributed by atoms with E-state index in [1.165, 1.54) is 71.0 Å². The third-order valence-corrected chi connectivity index (χ3v) is 8.45. The SMILES string of the molecule is CSc1nc(C(=O)N2CCC3(CCCN(CC4CCCCC4)C3)C2)cs1. The van der Waals surface area contributed by atoms with E-state index in [4.69, 9.17) is 0 Å². The molecule has 1 aliphatic carbocycles. The van der Waals surface area contributed by atoms with Gasteiger partial charge in [-0.1, -0.05) is 31.0 Å². The van der Waals surface area contributed by atoms with Gasteiger partial charge in [0.2, 0.25) is 0 Å². The van der Waals surface area contributed by atoms with Crippen LogP contribution in [0.15, 0.2) is 9.72 Å². The Morgan fingerprint density at radius 1 is 1.23 bits per heavy atom. The highest BCUT2D eigenvalue weighted by Crippen LogP contribution is 2.40. The van der Waals surface area contributed by atoms with Gasteiger partial charge in [0.15, 0.2) is 0 Å². The van der Waals surface area contributed by atoms with Gasteiger partial charge in [-0.3, -0.25) is 4.79 Å². The molecule has 2 aliphatic heterocycles. The minimum atomic E-state index is 0.142. The monoisotopic (exact) mass is 393 g/mol. The molecule has 6 heteroatoms. The second kappa shape index (κ2) is 8.19. The molecule has 2 saturated heterocycles. The van der Waals surface area contributed by atoms with Crippen molar-refractivity contribution in [3.05, 3.63) is 11.1 Å². The summed E-state index contributed by atoms with van der Waals surface area (Å²) in [6, 6.07) is 0. The number of carbonyl (C=O) groups excluding carboxylic acids is 1. The Labute approximate surface area is 165 Å². The van der Waals surface area contributed by atoms with Crippen molar-refractivity contribution in [3.63, 3.8) is 0 Å². The summed E-state index contributed by atoms with van der Waals surface area (Å²) in [5.74, 6) is 1.06. The molecule has 3 fully saturated rings. The third-order valence-electron chi connectivity index (χ3n) is 6.58. The van der Waals surface area contributed by atoms with Gasteiger partial charge in [-0.15, -0.1) is 11.3 Å². The Bertz CT molecular complexity index is 628. The van der Waals surface area contributed by atoms with Crippen molar-refractivity contribution in [1.29, 1.82) is 0 Å². The third kappa shape index (κ3) is 4.12. The van der Waals surface area contributed by atoms with Crippen molar-refractivity contribution >= 4 is 29.0 Å². The molecule has 0 N–H and O–H groups in total. The number of carbonyl (C=O) groups is 1. The lowest BCUT2D eigenvalue weighted by atomic mass is 9.78. The van der Waals surface area contributed by atoms with E-state index in [0.29, 0.717) is 11.1 Å². The molecule has 3 heterocycles. The van der Waals surface area contributed by atoms with E-state index in [9.17, 15) is 4.79 Å². The first-order chi connectivity index (χ1) is 12.7. The van der Waals surface area contributed by atoms with Crippen LogP contribution in [0.25, 0.3) is 0 Å².